The molecule has 0 saturated carbocycles. The average molecular weight is 271 g/mol. The first-order valence-electron chi connectivity index (χ1n) is 5.09. The number of para-hydroxylation sites is 1. The van der Waals surface area contributed by atoms with Crippen molar-refractivity contribution in [2.24, 2.45) is 0 Å². The van der Waals surface area contributed by atoms with Crippen LogP contribution in [0, 0.1) is 0 Å². The lowest BCUT2D eigenvalue weighted by atomic mass is 10.2. The molecule has 1 aliphatic rings. The number of amides is 2. The minimum Gasteiger partial charge on any atom is -0.343 e. The molecule has 1 unspecified atom stereocenters. The zero-order chi connectivity index (χ0) is 12.3. The van der Waals surface area contributed by atoms with Crippen molar-refractivity contribution in [2.75, 3.05) is 16.8 Å². The van der Waals surface area contributed by atoms with Gasteiger partial charge in [-0.3, -0.25) is 9.59 Å². The Balaban J connectivity index is 2.02. The second kappa shape index (κ2) is 5.42. The Labute approximate surface area is 108 Å². The van der Waals surface area contributed by atoms with E-state index in [1.54, 1.807) is 24.3 Å². The fourth-order valence-corrected chi connectivity index (χ4v) is 2.51. The number of rotatable bonds is 2. The fraction of sp³-hybridized carbons (Fsp3) is 0.273. The number of hydrogen-bond acceptors (Lipinski definition) is 3. The lowest BCUT2D eigenvalue weighted by Crippen LogP contribution is -2.49. The number of thioether (sulfide) groups is 1. The topological polar surface area (TPSA) is 58.2 Å². The van der Waals surface area contributed by atoms with Crippen molar-refractivity contribution in [2.45, 2.75) is 6.04 Å². The quantitative estimate of drug-likeness (QED) is 0.856. The molecule has 0 bridgehead atoms. The number of halogens is 1. The summed E-state index contributed by atoms with van der Waals surface area (Å²) in [4.78, 5) is 23.0. The van der Waals surface area contributed by atoms with Gasteiger partial charge >= 0.3 is 0 Å². The van der Waals surface area contributed by atoms with Gasteiger partial charge in [0.15, 0.2) is 0 Å². The molecule has 2 amide bonds. The van der Waals surface area contributed by atoms with Crippen LogP contribution in [0.15, 0.2) is 24.3 Å². The number of carbonyl (C=O) groups excluding carboxylic acids is 2. The second-order valence-corrected chi connectivity index (χ2v) is 5.04. The monoisotopic (exact) mass is 270 g/mol. The summed E-state index contributed by atoms with van der Waals surface area (Å²) in [6.07, 6.45) is 0. The molecule has 1 heterocycles. The Morgan fingerprint density at radius 1 is 1.47 bits per heavy atom. The van der Waals surface area contributed by atoms with Crippen LogP contribution in [0.2, 0.25) is 5.02 Å². The third-order valence-corrected chi connectivity index (χ3v) is 3.67. The summed E-state index contributed by atoms with van der Waals surface area (Å²) in [5, 5.41) is 5.82. The molecule has 1 aromatic rings. The Morgan fingerprint density at radius 2 is 2.24 bits per heavy atom. The molecule has 6 heteroatoms. The zero-order valence-corrected chi connectivity index (χ0v) is 10.5. The van der Waals surface area contributed by atoms with Crippen LogP contribution in [0.1, 0.15) is 0 Å². The Hall–Kier alpha value is -1.20. The molecule has 0 spiro atoms. The van der Waals surface area contributed by atoms with Crippen LogP contribution >= 0.6 is 23.4 Å². The van der Waals surface area contributed by atoms with Gasteiger partial charge in [0.2, 0.25) is 11.8 Å². The highest BCUT2D eigenvalue weighted by Crippen LogP contribution is 2.21. The number of carbonyl (C=O) groups is 2. The molecular weight excluding hydrogens is 260 g/mol. The fourth-order valence-electron chi connectivity index (χ4n) is 1.47. The largest absolute Gasteiger partial charge is 0.343 e. The first-order chi connectivity index (χ1) is 8.16. The number of hydrogen-bond donors (Lipinski definition) is 2. The maximum Gasteiger partial charge on any atom is 0.247 e. The summed E-state index contributed by atoms with van der Waals surface area (Å²) in [7, 11) is 0. The molecule has 4 nitrogen and oxygen atoms in total. The highest BCUT2D eigenvalue weighted by Gasteiger charge is 2.25. The highest BCUT2D eigenvalue weighted by atomic mass is 35.5. The summed E-state index contributed by atoms with van der Waals surface area (Å²) in [6.45, 7) is 0. The van der Waals surface area contributed by atoms with Gasteiger partial charge < -0.3 is 10.6 Å². The minimum absolute atomic E-state index is 0.111. The van der Waals surface area contributed by atoms with E-state index in [4.69, 9.17) is 11.6 Å². The van der Waals surface area contributed by atoms with Crippen molar-refractivity contribution < 1.29 is 9.59 Å². The van der Waals surface area contributed by atoms with E-state index in [0.717, 1.165) is 0 Å². The summed E-state index contributed by atoms with van der Waals surface area (Å²) in [5.74, 6) is 0.650. The standard InChI is InChI=1S/C11H11ClN2O2S/c12-7-3-1-2-4-8(7)14-11(16)9-5-17-6-10(15)13-9/h1-4,9H,5-6H2,(H,13,15)(H,14,16). The van der Waals surface area contributed by atoms with E-state index in [-0.39, 0.29) is 11.8 Å². The molecule has 1 atom stereocenters. The molecule has 1 aliphatic heterocycles. The summed E-state index contributed by atoms with van der Waals surface area (Å²) in [6, 6.07) is 6.51. The SMILES string of the molecule is O=C1CSCC(C(=O)Nc2ccccc2Cl)N1. The first kappa shape index (κ1) is 12.3. The van der Waals surface area contributed by atoms with Gasteiger partial charge in [-0.25, -0.2) is 0 Å². The number of anilines is 1. The van der Waals surface area contributed by atoms with Gasteiger partial charge in [-0.15, -0.1) is 11.8 Å². The third-order valence-electron chi connectivity index (χ3n) is 2.30. The van der Waals surface area contributed by atoms with E-state index in [2.05, 4.69) is 10.6 Å². The maximum absolute atomic E-state index is 11.9. The molecule has 1 fully saturated rings. The van der Waals surface area contributed by atoms with Crippen molar-refractivity contribution >= 4 is 40.9 Å². The van der Waals surface area contributed by atoms with Crippen LogP contribution in [-0.2, 0) is 9.59 Å². The van der Waals surface area contributed by atoms with Gasteiger partial charge in [0.05, 0.1) is 16.5 Å². The molecule has 0 radical (unpaired) electrons. The molecule has 90 valence electrons. The molecule has 0 aliphatic carbocycles. The normalized spacial score (nSPS) is 19.6. The van der Waals surface area contributed by atoms with E-state index in [1.807, 2.05) is 0 Å². The van der Waals surface area contributed by atoms with Crippen molar-refractivity contribution in [3.8, 4) is 0 Å². The Morgan fingerprint density at radius 3 is 2.94 bits per heavy atom. The predicted octanol–water partition coefficient (Wildman–Crippen LogP) is 1.51. The van der Waals surface area contributed by atoms with Gasteiger partial charge in [0.25, 0.3) is 0 Å². The van der Waals surface area contributed by atoms with E-state index in [0.29, 0.717) is 22.2 Å². The van der Waals surface area contributed by atoms with Crippen LogP contribution in [0.25, 0.3) is 0 Å². The van der Waals surface area contributed by atoms with Gasteiger partial charge in [-0.05, 0) is 12.1 Å². The van der Waals surface area contributed by atoms with E-state index < -0.39 is 6.04 Å². The predicted molar refractivity (Wildman–Crippen MR) is 69.3 cm³/mol. The Kier molecular flexibility index (Phi) is 3.91. The summed E-state index contributed by atoms with van der Waals surface area (Å²) >= 11 is 7.38. The smallest absolute Gasteiger partial charge is 0.247 e. The lowest BCUT2D eigenvalue weighted by molar-refractivity contribution is -0.124. The van der Waals surface area contributed by atoms with Crippen LogP contribution < -0.4 is 10.6 Å². The maximum atomic E-state index is 11.9. The number of benzene rings is 1. The van der Waals surface area contributed by atoms with Crippen molar-refractivity contribution in [1.29, 1.82) is 0 Å². The van der Waals surface area contributed by atoms with Crippen molar-refractivity contribution in [1.82, 2.24) is 5.32 Å². The molecule has 1 saturated heterocycles. The highest BCUT2D eigenvalue weighted by molar-refractivity contribution is 8.00. The van der Waals surface area contributed by atoms with Gasteiger partial charge in [-0.1, -0.05) is 23.7 Å². The molecule has 2 N–H and O–H groups in total. The van der Waals surface area contributed by atoms with E-state index in [1.165, 1.54) is 11.8 Å². The van der Waals surface area contributed by atoms with Gasteiger partial charge in [-0.2, -0.15) is 0 Å². The minimum atomic E-state index is -0.488. The van der Waals surface area contributed by atoms with Crippen LogP contribution in [0.5, 0.6) is 0 Å². The number of nitrogens with one attached hydrogen (secondary N) is 2. The lowest BCUT2D eigenvalue weighted by Gasteiger charge is -2.22. The van der Waals surface area contributed by atoms with Crippen LogP contribution in [-0.4, -0.2) is 29.4 Å². The van der Waals surface area contributed by atoms with Crippen molar-refractivity contribution in [3.63, 3.8) is 0 Å². The molecule has 0 aromatic heterocycles. The third kappa shape index (κ3) is 3.14. The summed E-state index contributed by atoms with van der Waals surface area (Å²) in [5.41, 5.74) is 0.559. The molecule has 17 heavy (non-hydrogen) atoms. The van der Waals surface area contributed by atoms with Gasteiger partial charge in [0, 0.05) is 5.75 Å². The molecule has 1 aromatic carbocycles. The van der Waals surface area contributed by atoms with Crippen LogP contribution in [0.3, 0.4) is 0 Å². The molecule has 2 rings (SSSR count). The average Bonchev–Trinajstić information content (AvgIpc) is 2.32. The zero-order valence-electron chi connectivity index (χ0n) is 8.90. The van der Waals surface area contributed by atoms with Crippen LogP contribution in [0.4, 0.5) is 5.69 Å². The van der Waals surface area contributed by atoms with Gasteiger partial charge in [0.1, 0.15) is 6.04 Å². The second-order valence-electron chi connectivity index (χ2n) is 3.60. The first-order valence-corrected chi connectivity index (χ1v) is 6.62. The van der Waals surface area contributed by atoms with E-state index in [9.17, 15) is 9.59 Å². The summed E-state index contributed by atoms with van der Waals surface area (Å²) < 4.78 is 0. The molecular formula is C11H11ClN2O2S. The van der Waals surface area contributed by atoms with E-state index >= 15 is 0 Å². The van der Waals surface area contributed by atoms with Crippen molar-refractivity contribution in [3.05, 3.63) is 29.3 Å². The Bertz CT molecular complexity index is 453.